The Morgan fingerprint density at radius 2 is 1.65 bits per heavy atom. The minimum absolute atomic E-state index is 0.0348. The zero-order valence-electron chi connectivity index (χ0n) is 32.9. The van der Waals surface area contributed by atoms with E-state index in [1.807, 2.05) is 29.6 Å². The Morgan fingerprint density at radius 1 is 0.926 bits per heavy atom. The first-order valence-corrected chi connectivity index (χ1v) is 23.2. The van der Waals surface area contributed by atoms with Crippen molar-refractivity contribution in [3.63, 3.8) is 0 Å². The van der Waals surface area contributed by atoms with E-state index >= 15 is 0 Å². The highest BCUT2D eigenvalue weighted by molar-refractivity contribution is 7.91. The number of aromatic carboxylic acids is 1. The molecule has 4 unspecified atom stereocenters. The molecule has 0 radical (unpaired) electrons. The van der Waals surface area contributed by atoms with E-state index < -0.39 is 21.8 Å². The van der Waals surface area contributed by atoms with Crippen LogP contribution in [0.25, 0.3) is 5.57 Å². The molecule has 5 aliphatic carbocycles. The van der Waals surface area contributed by atoms with E-state index in [4.69, 9.17) is 0 Å². The first kappa shape index (κ1) is 38.1. The number of nitrogens with one attached hydrogen (secondary N) is 1. The van der Waals surface area contributed by atoms with Crippen molar-refractivity contribution in [3.05, 3.63) is 76.5 Å². The van der Waals surface area contributed by atoms with E-state index in [2.05, 4.69) is 63.6 Å². The number of sulfone groups is 1. The number of hydrogen-bond acceptors (Lipinski definition) is 6. The number of benzene rings is 1. The Morgan fingerprint density at radius 3 is 2.30 bits per heavy atom. The first-order chi connectivity index (χ1) is 25.5. The number of rotatable bonds is 7. The molecule has 2 heterocycles. The van der Waals surface area contributed by atoms with Gasteiger partial charge in [0.2, 0.25) is 5.91 Å². The molecule has 2 aromatic rings. The topological polar surface area (TPSA) is 104 Å². The second kappa shape index (κ2) is 13.2. The molecule has 292 valence electrons. The van der Waals surface area contributed by atoms with Gasteiger partial charge in [0.1, 0.15) is 6.04 Å². The fraction of sp³-hybridized carbons (Fsp3) is 0.644. The van der Waals surface area contributed by atoms with Crippen LogP contribution in [0.5, 0.6) is 0 Å². The molecule has 1 aliphatic heterocycles. The number of fused-ring (bicyclic) bond motifs is 7. The van der Waals surface area contributed by atoms with Gasteiger partial charge in [0, 0.05) is 23.5 Å². The second-order valence-electron chi connectivity index (χ2n) is 19.3. The Balaban J connectivity index is 1.09. The van der Waals surface area contributed by atoms with Gasteiger partial charge in [-0.15, -0.1) is 17.9 Å². The summed E-state index contributed by atoms with van der Waals surface area (Å²) >= 11 is 1.59. The predicted molar refractivity (Wildman–Crippen MR) is 217 cm³/mol. The van der Waals surface area contributed by atoms with Gasteiger partial charge < -0.3 is 10.4 Å². The third kappa shape index (κ3) is 5.67. The Labute approximate surface area is 327 Å². The number of carboxylic acid groups (broad SMARTS) is 1. The fourth-order valence-corrected chi connectivity index (χ4v) is 16.3. The van der Waals surface area contributed by atoms with Crippen molar-refractivity contribution >= 4 is 38.6 Å². The molecule has 1 aromatic carbocycles. The van der Waals surface area contributed by atoms with E-state index in [-0.39, 0.29) is 44.6 Å². The molecule has 9 heteroatoms. The van der Waals surface area contributed by atoms with Crippen molar-refractivity contribution in [2.24, 2.45) is 51.2 Å². The molecule has 54 heavy (non-hydrogen) atoms. The minimum atomic E-state index is -3.07. The number of hydrogen-bond donors (Lipinski definition) is 2. The summed E-state index contributed by atoms with van der Waals surface area (Å²) < 4.78 is 24.8. The van der Waals surface area contributed by atoms with Crippen LogP contribution in [-0.4, -0.2) is 60.4 Å². The average Bonchev–Trinajstić information content (AvgIpc) is 3.78. The average molecular weight is 773 g/mol. The summed E-state index contributed by atoms with van der Waals surface area (Å²) in [5.74, 6) is 1.62. The van der Waals surface area contributed by atoms with Gasteiger partial charge in [-0.1, -0.05) is 65.0 Å². The van der Waals surface area contributed by atoms with Crippen molar-refractivity contribution in [2.45, 2.75) is 104 Å². The number of thiophene rings is 1. The van der Waals surface area contributed by atoms with Gasteiger partial charge in [-0.3, -0.25) is 9.69 Å². The van der Waals surface area contributed by atoms with Crippen LogP contribution in [0.2, 0.25) is 0 Å². The summed E-state index contributed by atoms with van der Waals surface area (Å²) in [6.07, 6.45) is 14.5. The van der Waals surface area contributed by atoms with Gasteiger partial charge >= 0.3 is 5.97 Å². The second-order valence-corrected chi connectivity index (χ2v) is 22.6. The maximum Gasteiger partial charge on any atom is 0.335 e. The summed E-state index contributed by atoms with van der Waals surface area (Å²) in [6.45, 7) is 17.9. The number of allylic oxidation sites excluding steroid dienone is 3. The Hall–Kier alpha value is -2.75. The molecule has 1 aromatic heterocycles. The third-order valence-electron chi connectivity index (χ3n) is 17.0. The van der Waals surface area contributed by atoms with E-state index in [9.17, 15) is 23.1 Å². The molecule has 0 bridgehead atoms. The van der Waals surface area contributed by atoms with E-state index in [0.29, 0.717) is 48.2 Å². The molecule has 1 saturated heterocycles. The van der Waals surface area contributed by atoms with Crippen molar-refractivity contribution in [1.82, 2.24) is 10.2 Å². The highest BCUT2D eigenvalue weighted by atomic mass is 32.2. The van der Waals surface area contributed by atoms with Gasteiger partial charge in [0.25, 0.3) is 0 Å². The SMILES string of the molecule is C=C[C@@H]1CC[C@]2(NC(=O)C(c3cccs3)N3CCS(=O)(=O)CC3)CC[C@]3(C)[C@H](CCC4[C@@]5(C)CC=C(c6ccc(C(=O)O)cc6)C(C)(C)C5CC[C@]43C)C12. The monoisotopic (exact) mass is 772 g/mol. The highest BCUT2D eigenvalue weighted by Crippen LogP contribution is 2.76. The summed E-state index contributed by atoms with van der Waals surface area (Å²) in [7, 11) is -3.07. The smallest absolute Gasteiger partial charge is 0.335 e. The Kier molecular flexibility index (Phi) is 9.29. The van der Waals surface area contributed by atoms with Gasteiger partial charge in [-0.2, -0.15) is 0 Å². The molecule has 10 atom stereocenters. The van der Waals surface area contributed by atoms with Crippen LogP contribution < -0.4 is 5.32 Å². The van der Waals surface area contributed by atoms with Crippen LogP contribution in [0.1, 0.15) is 119 Å². The molecule has 6 aliphatic rings. The molecular weight excluding hydrogens is 713 g/mol. The number of amides is 1. The van der Waals surface area contributed by atoms with Gasteiger partial charge in [0.05, 0.1) is 17.1 Å². The lowest BCUT2D eigenvalue weighted by Gasteiger charge is -2.72. The molecular formula is C45H60N2O5S2. The highest BCUT2D eigenvalue weighted by Gasteiger charge is 2.70. The normalized spacial score (nSPS) is 40.2. The van der Waals surface area contributed by atoms with E-state index in [1.54, 1.807) is 23.5 Å². The summed E-state index contributed by atoms with van der Waals surface area (Å²) in [5, 5.41) is 15.3. The van der Waals surface area contributed by atoms with Crippen molar-refractivity contribution in [2.75, 3.05) is 24.6 Å². The Bertz CT molecular complexity index is 1940. The predicted octanol–water partition coefficient (Wildman–Crippen LogP) is 9.05. The largest absolute Gasteiger partial charge is 0.478 e. The molecule has 0 spiro atoms. The standard InChI is InChI=1S/C45H60N2O5S2/c1-7-29-16-21-45(46-39(48)38(34-9-8-26-53-34)47-24-27-54(51,52)28-25-47)23-22-43(5)33(37(29)45)14-15-36-42(4)19-17-32(30-10-12-31(13-11-30)40(49)50)41(2,3)35(42)18-20-44(36,43)6/h7-13,17,26,29,33,35-38H,1,14-16,18-25,27-28H2,2-6H3,(H,46,48)(H,49,50)/t29-,33-,35?,36?,37?,38?,42+,43-,44-,45+/m1/s1. The zero-order chi connectivity index (χ0) is 38.5. The summed E-state index contributed by atoms with van der Waals surface area (Å²) in [5.41, 5.74) is 2.94. The van der Waals surface area contributed by atoms with Crippen LogP contribution in [0.4, 0.5) is 0 Å². The van der Waals surface area contributed by atoms with Gasteiger partial charge in [-0.25, -0.2) is 13.2 Å². The van der Waals surface area contributed by atoms with Crippen LogP contribution in [0.15, 0.2) is 60.5 Å². The summed E-state index contributed by atoms with van der Waals surface area (Å²) in [4.78, 5) is 29.4. The van der Waals surface area contributed by atoms with Crippen molar-refractivity contribution < 1.29 is 23.1 Å². The van der Waals surface area contributed by atoms with Crippen LogP contribution in [0, 0.1) is 51.2 Å². The number of nitrogens with zero attached hydrogens (tertiary/aromatic N) is 1. The van der Waals surface area contributed by atoms with E-state index in [1.165, 1.54) is 24.8 Å². The summed E-state index contributed by atoms with van der Waals surface area (Å²) in [6, 6.07) is 11.1. The number of carbonyl (C=O) groups excluding carboxylic acids is 1. The van der Waals surface area contributed by atoms with Crippen molar-refractivity contribution in [1.29, 1.82) is 0 Å². The lowest BCUT2D eigenvalue weighted by Crippen LogP contribution is -2.68. The quantitative estimate of drug-likeness (QED) is 0.273. The van der Waals surface area contributed by atoms with Crippen LogP contribution >= 0.6 is 11.3 Å². The number of carbonyl (C=O) groups is 2. The minimum Gasteiger partial charge on any atom is -0.478 e. The van der Waals surface area contributed by atoms with Crippen molar-refractivity contribution in [3.8, 4) is 0 Å². The van der Waals surface area contributed by atoms with Crippen LogP contribution in [-0.2, 0) is 14.6 Å². The van der Waals surface area contributed by atoms with Gasteiger partial charge in [0.15, 0.2) is 9.84 Å². The lowest BCUT2D eigenvalue weighted by molar-refractivity contribution is -0.219. The molecule has 8 rings (SSSR count). The third-order valence-corrected chi connectivity index (χ3v) is 19.5. The maximum absolute atomic E-state index is 14.7. The lowest BCUT2D eigenvalue weighted by atomic mass is 9.33. The van der Waals surface area contributed by atoms with Crippen LogP contribution in [0.3, 0.4) is 0 Å². The van der Waals surface area contributed by atoms with Gasteiger partial charge in [-0.05, 0) is 144 Å². The molecule has 2 N–H and O–H groups in total. The molecule has 4 saturated carbocycles. The fourth-order valence-electron chi connectivity index (χ4n) is 14.2. The molecule has 1 amide bonds. The first-order valence-electron chi connectivity index (χ1n) is 20.5. The molecule has 7 nitrogen and oxygen atoms in total. The molecule has 5 fully saturated rings. The zero-order valence-corrected chi connectivity index (χ0v) is 34.5. The number of carboxylic acids is 1. The van der Waals surface area contributed by atoms with E-state index in [0.717, 1.165) is 49.0 Å². The maximum atomic E-state index is 14.7.